The summed E-state index contributed by atoms with van der Waals surface area (Å²) in [6, 6.07) is 0. The summed E-state index contributed by atoms with van der Waals surface area (Å²) >= 11 is 1.34. The van der Waals surface area contributed by atoms with E-state index >= 15 is 0 Å². The maximum atomic E-state index is 11.6. The van der Waals surface area contributed by atoms with E-state index in [4.69, 9.17) is 11.5 Å². The molecular weight excluding hydrogens is 236 g/mol. The second-order valence-corrected chi connectivity index (χ2v) is 5.80. The summed E-state index contributed by atoms with van der Waals surface area (Å²) in [6.45, 7) is 5.89. The van der Waals surface area contributed by atoms with Crippen molar-refractivity contribution in [3.8, 4) is 0 Å². The average molecular weight is 260 g/mol. The molecule has 0 aliphatic carbocycles. The van der Waals surface area contributed by atoms with Crippen LogP contribution in [-0.4, -0.2) is 21.8 Å². The molecule has 0 spiro atoms. The molecule has 1 atom stereocenters. The third-order valence-corrected chi connectivity index (χ3v) is 5.08. The number of rotatable bonds is 9. The molecule has 0 rings (SSSR count). The maximum absolute atomic E-state index is 11.6. The summed E-state index contributed by atoms with van der Waals surface area (Å²) in [4.78, 5) is 23.0. The van der Waals surface area contributed by atoms with Crippen LogP contribution in [0, 0.1) is 0 Å². The van der Waals surface area contributed by atoms with Gasteiger partial charge in [0.05, 0.1) is 10.00 Å². The van der Waals surface area contributed by atoms with Crippen LogP contribution in [0.15, 0.2) is 0 Å². The number of nitrogens with two attached hydrogens (primary N) is 2. The first-order chi connectivity index (χ1) is 7.93. The van der Waals surface area contributed by atoms with E-state index in [1.165, 1.54) is 11.8 Å². The van der Waals surface area contributed by atoms with Crippen LogP contribution in [-0.2, 0) is 9.59 Å². The zero-order chi connectivity index (χ0) is 13.5. The number of carbonyl (C=O) groups excluding carboxylic acids is 2. The molecule has 0 fully saturated rings. The highest BCUT2D eigenvalue weighted by Gasteiger charge is 2.37. The number of primary amides is 2. The monoisotopic (exact) mass is 260 g/mol. The molecule has 0 saturated heterocycles. The highest BCUT2D eigenvalue weighted by atomic mass is 32.2. The first-order valence-corrected chi connectivity index (χ1v) is 7.08. The molecule has 2 amide bonds. The van der Waals surface area contributed by atoms with Gasteiger partial charge < -0.3 is 11.5 Å². The van der Waals surface area contributed by atoms with Crippen LogP contribution in [0.3, 0.4) is 0 Å². The lowest BCUT2D eigenvalue weighted by molar-refractivity contribution is -0.120. The third-order valence-electron chi connectivity index (χ3n) is 3.10. The quantitative estimate of drug-likeness (QED) is 0.663. The summed E-state index contributed by atoms with van der Waals surface area (Å²) in [5, 5.41) is -0.317. The Bertz CT molecular complexity index is 265. The topological polar surface area (TPSA) is 86.2 Å². The Balaban J connectivity index is 4.79. The number of carbonyl (C=O) groups is 2. The molecule has 100 valence electrons. The van der Waals surface area contributed by atoms with Crippen LogP contribution in [0.4, 0.5) is 0 Å². The molecule has 4 N–H and O–H groups in total. The van der Waals surface area contributed by atoms with Gasteiger partial charge in [-0.15, -0.1) is 11.8 Å². The van der Waals surface area contributed by atoms with Gasteiger partial charge in [-0.1, -0.05) is 33.6 Å². The molecule has 0 bridgehead atoms. The molecule has 5 heteroatoms. The number of thioether (sulfide) groups is 1. The van der Waals surface area contributed by atoms with Gasteiger partial charge >= 0.3 is 0 Å². The summed E-state index contributed by atoms with van der Waals surface area (Å²) in [5.41, 5.74) is 10.8. The van der Waals surface area contributed by atoms with Crippen molar-refractivity contribution in [3.63, 3.8) is 0 Å². The average Bonchev–Trinajstić information content (AvgIpc) is 2.29. The van der Waals surface area contributed by atoms with E-state index in [9.17, 15) is 9.59 Å². The minimum Gasteiger partial charge on any atom is -0.369 e. The molecular formula is C12H24N2O2S. The van der Waals surface area contributed by atoms with E-state index in [2.05, 4.69) is 6.92 Å². The minimum absolute atomic E-state index is 0.317. The van der Waals surface area contributed by atoms with Crippen LogP contribution in [0.25, 0.3) is 0 Å². The Morgan fingerprint density at radius 3 is 2.00 bits per heavy atom. The van der Waals surface area contributed by atoms with E-state index in [-0.39, 0.29) is 17.1 Å². The molecule has 0 aromatic rings. The van der Waals surface area contributed by atoms with Crippen LogP contribution < -0.4 is 11.5 Å². The summed E-state index contributed by atoms with van der Waals surface area (Å²) in [5.74, 6) is -0.703. The Hall–Kier alpha value is -0.710. The van der Waals surface area contributed by atoms with E-state index in [1.54, 1.807) is 0 Å². The van der Waals surface area contributed by atoms with E-state index < -0.39 is 4.75 Å². The zero-order valence-electron chi connectivity index (χ0n) is 11.0. The fourth-order valence-electron chi connectivity index (χ4n) is 1.74. The lowest BCUT2D eigenvalue weighted by Gasteiger charge is -2.30. The van der Waals surface area contributed by atoms with Crippen LogP contribution >= 0.6 is 11.8 Å². The van der Waals surface area contributed by atoms with Crippen molar-refractivity contribution in [2.45, 2.75) is 62.9 Å². The lowest BCUT2D eigenvalue weighted by atomic mass is 10.0. The van der Waals surface area contributed by atoms with Crippen LogP contribution in [0.2, 0.25) is 0 Å². The molecule has 17 heavy (non-hydrogen) atoms. The molecule has 0 saturated carbocycles. The molecule has 0 aromatic heterocycles. The first kappa shape index (κ1) is 16.3. The summed E-state index contributed by atoms with van der Waals surface area (Å²) < 4.78 is -0.659. The number of hydrogen-bond acceptors (Lipinski definition) is 3. The smallest absolute Gasteiger partial charge is 0.233 e. The fraction of sp³-hybridized carbons (Fsp3) is 0.833. The van der Waals surface area contributed by atoms with Gasteiger partial charge in [0, 0.05) is 0 Å². The highest BCUT2D eigenvalue weighted by molar-refractivity contribution is 8.02. The molecule has 0 aliphatic heterocycles. The summed E-state index contributed by atoms with van der Waals surface area (Å²) in [6.07, 6.45) is 3.90. The van der Waals surface area contributed by atoms with E-state index in [1.807, 2.05) is 13.8 Å². The Morgan fingerprint density at radius 1 is 1.18 bits per heavy atom. The molecule has 0 unspecified atom stereocenters. The SMILES string of the molecule is CCCC[C@H](SC(CC)(CC)C(N)=O)C(N)=O. The molecule has 4 nitrogen and oxygen atoms in total. The zero-order valence-corrected chi connectivity index (χ0v) is 11.8. The van der Waals surface area contributed by atoms with Gasteiger partial charge in [-0.2, -0.15) is 0 Å². The standard InChI is InChI=1S/C12H24N2O2S/c1-4-7-8-9(10(13)15)17-12(5-2,6-3)11(14)16/h9H,4-8H2,1-3H3,(H2,13,15)(H2,14,16)/t9-/m0/s1. The Kier molecular flexibility index (Phi) is 7.27. The van der Waals surface area contributed by atoms with E-state index in [0.29, 0.717) is 19.3 Å². The van der Waals surface area contributed by atoms with Crippen molar-refractivity contribution in [1.29, 1.82) is 0 Å². The Labute approximate surface area is 108 Å². The van der Waals surface area contributed by atoms with Crippen molar-refractivity contribution in [1.82, 2.24) is 0 Å². The highest BCUT2D eigenvalue weighted by Crippen LogP contribution is 2.37. The number of unbranched alkanes of at least 4 members (excludes halogenated alkanes) is 1. The second-order valence-electron chi connectivity index (χ2n) is 4.22. The molecule has 0 aromatic carbocycles. The van der Waals surface area contributed by atoms with Crippen LogP contribution in [0.1, 0.15) is 52.9 Å². The predicted octanol–water partition coefficient (Wildman–Crippen LogP) is 1.81. The van der Waals surface area contributed by atoms with Crippen molar-refractivity contribution in [2.75, 3.05) is 0 Å². The van der Waals surface area contributed by atoms with Crippen molar-refractivity contribution >= 4 is 23.6 Å². The molecule has 0 heterocycles. The van der Waals surface area contributed by atoms with Crippen molar-refractivity contribution in [2.24, 2.45) is 11.5 Å². The molecule has 0 aliphatic rings. The third kappa shape index (κ3) is 4.58. The van der Waals surface area contributed by atoms with Gasteiger partial charge in [0.25, 0.3) is 0 Å². The number of amides is 2. The summed E-state index contributed by atoms with van der Waals surface area (Å²) in [7, 11) is 0. The van der Waals surface area contributed by atoms with Gasteiger partial charge in [0.2, 0.25) is 11.8 Å². The van der Waals surface area contributed by atoms with Gasteiger partial charge in [-0.3, -0.25) is 9.59 Å². The minimum atomic E-state index is -0.659. The van der Waals surface area contributed by atoms with Gasteiger partial charge in [0.15, 0.2) is 0 Å². The largest absolute Gasteiger partial charge is 0.369 e. The fourth-order valence-corrected chi connectivity index (χ4v) is 3.14. The molecule has 0 radical (unpaired) electrons. The second kappa shape index (κ2) is 7.58. The maximum Gasteiger partial charge on any atom is 0.233 e. The van der Waals surface area contributed by atoms with Crippen molar-refractivity contribution < 1.29 is 9.59 Å². The van der Waals surface area contributed by atoms with Crippen molar-refractivity contribution in [3.05, 3.63) is 0 Å². The Morgan fingerprint density at radius 2 is 1.71 bits per heavy atom. The predicted molar refractivity (Wildman–Crippen MR) is 72.6 cm³/mol. The van der Waals surface area contributed by atoms with Gasteiger partial charge in [0.1, 0.15) is 0 Å². The van der Waals surface area contributed by atoms with Gasteiger partial charge in [-0.05, 0) is 19.3 Å². The van der Waals surface area contributed by atoms with Crippen LogP contribution in [0.5, 0.6) is 0 Å². The van der Waals surface area contributed by atoms with E-state index in [0.717, 1.165) is 12.8 Å². The van der Waals surface area contributed by atoms with Gasteiger partial charge in [-0.25, -0.2) is 0 Å². The lowest BCUT2D eigenvalue weighted by Crippen LogP contribution is -2.43. The first-order valence-electron chi connectivity index (χ1n) is 6.20. The normalized spacial score (nSPS) is 13.4. The number of hydrogen-bond donors (Lipinski definition) is 2.